The number of aromatic nitrogens is 2. The van der Waals surface area contributed by atoms with Crippen molar-refractivity contribution >= 4 is 34.9 Å². The van der Waals surface area contributed by atoms with Crippen molar-refractivity contribution in [3.8, 4) is 12.1 Å². The predicted octanol–water partition coefficient (Wildman–Crippen LogP) is 3.73. The zero-order chi connectivity index (χ0) is 31.2. The SMILES string of the molecule is C=C(F)C(=O)N1CCN(c2nc(OC[C@@H]3CC(F)CN3C)nc3c2NC(=O)C2(CCCc4c(Cl)cccc42)C3)CC1CC#N. The fraction of sp³-hybridized carbons (Fsp3) is 0.516. The smallest absolute Gasteiger partial charge is 0.318 e. The topological polar surface area (TPSA) is 115 Å². The van der Waals surface area contributed by atoms with E-state index in [4.69, 9.17) is 26.3 Å². The van der Waals surface area contributed by atoms with Crippen molar-refractivity contribution in [1.29, 1.82) is 5.26 Å². The summed E-state index contributed by atoms with van der Waals surface area (Å²) in [5.74, 6) is -1.72. The van der Waals surface area contributed by atoms with Gasteiger partial charge in [-0.1, -0.05) is 30.3 Å². The number of amides is 2. The quantitative estimate of drug-likeness (QED) is 0.483. The van der Waals surface area contributed by atoms with Gasteiger partial charge in [0.05, 0.1) is 29.6 Å². The average Bonchev–Trinajstić information content (AvgIpc) is 3.33. The number of hydrogen-bond acceptors (Lipinski definition) is 8. The van der Waals surface area contributed by atoms with Crippen LogP contribution in [0.4, 0.5) is 20.3 Å². The molecule has 44 heavy (non-hydrogen) atoms. The Labute approximate surface area is 259 Å². The monoisotopic (exact) mass is 625 g/mol. The summed E-state index contributed by atoms with van der Waals surface area (Å²) in [4.78, 5) is 41.1. The Hall–Kier alpha value is -3.82. The summed E-state index contributed by atoms with van der Waals surface area (Å²) < 4.78 is 33.9. The molecular formula is C31H34ClF2N7O3. The summed E-state index contributed by atoms with van der Waals surface area (Å²) in [5.41, 5.74) is 2.00. The van der Waals surface area contributed by atoms with Crippen LogP contribution in [0.15, 0.2) is 30.6 Å². The minimum Gasteiger partial charge on any atom is -0.462 e. The van der Waals surface area contributed by atoms with E-state index >= 15 is 0 Å². The van der Waals surface area contributed by atoms with Crippen LogP contribution >= 0.6 is 11.6 Å². The zero-order valence-electron chi connectivity index (χ0n) is 24.5. The van der Waals surface area contributed by atoms with Crippen LogP contribution < -0.4 is 15.0 Å². The van der Waals surface area contributed by atoms with Crippen molar-refractivity contribution in [3.63, 3.8) is 0 Å². The molecule has 4 heterocycles. The minimum absolute atomic E-state index is 0.0302. The number of fused-ring (bicyclic) bond motifs is 3. The van der Waals surface area contributed by atoms with Crippen molar-refractivity contribution in [2.45, 2.75) is 62.2 Å². The molecule has 13 heteroatoms. The molecule has 1 aromatic carbocycles. The molecule has 4 atom stereocenters. The van der Waals surface area contributed by atoms with Gasteiger partial charge in [0.2, 0.25) is 5.91 Å². The first kappa shape index (κ1) is 30.2. The maximum atomic E-state index is 14.0. The van der Waals surface area contributed by atoms with Gasteiger partial charge in [-0.15, -0.1) is 0 Å². The number of likely N-dealkylation sites (N-methyl/N-ethyl adjacent to an activating group) is 1. The van der Waals surface area contributed by atoms with E-state index in [1.54, 1.807) is 0 Å². The van der Waals surface area contributed by atoms with Crippen LogP contribution in [0.2, 0.25) is 5.02 Å². The van der Waals surface area contributed by atoms with Crippen LogP contribution in [0.5, 0.6) is 6.01 Å². The van der Waals surface area contributed by atoms with Gasteiger partial charge in [0.25, 0.3) is 5.91 Å². The first-order valence-corrected chi connectivity index (χ1v) is 15.2. The predicted molar refractivity (Wildman–Crippen MR) is 160 cm³/mol. The molecule has 232 valence electrons. The molecule has 10 nitrogen and oxygen atoms in total. The number of nitrogens with zero attached hydrogens (tertiary/aromatic N) is 6. The normalized spacial score (nSPS) is 26.5. The van der Waals surface area contributed by atoms with Gasteiger partial charge >= 0.3 is 6.01 Å². The lowest BCUT2D eigenvalue weighted by molar-refractivity contribution is -0.131. The van der Waals surface area contributed by atoms with Gasteiger partial charge in [-0.05, 0) is 49.9 Å². The lowest BCUT2D eigenvalue weighted by atomic mass is 9.65. The highest BCUT2D eigenvalue weighted by atomic mass is 35.5. The molecule has 0 radical (unpaired) electrons. The number of hydrogen-bond donors (Lipinski definition) is 1. The van der Waals surface area contributed by atoms with Crippen LogP contribution in [-0.4, -0.2) is 89.7 Å². The summed E-state index contributed by atoms with van der Waals surface area (Å²) in [5, 5.41) is 13.2. The number of likely N-dealkylation sites (tertiary alicyclic amines) is 1. The molecule has 3 aliphatic heterocycles. The molecule has 6 rings (SSSR count). The number of benzene rings is 1. The molecule has 4 aliphatic rings. The van der Waals surface area contributed by atoms with E-state index < -0.39 is 29.4 Å². The van der Waals surface area contributed by atoms with E-state index in [-0.39, 0.29) is 50.6 Å². The number of ether oxygens (including phenoxy) is 1. The standard InChI is InChI=1S/C31H34ClF2N7O3/c1-18(33)28(42)41-12-11-40(16-20(41)8-10-35)27-26-25(36-30(38-27)44-17-21-13-19(34)15-39(21)2)14-31(29(43)37-26)9-4-5-22-23(31)6-3-7-24(22)32/h3,6-7,19-21H,1,4-5,8-9,11-17H2,2H3,(H,37,43)/t19?,20?,21-,31?/m0/s1. The third-order valence-corrected chi connectivity index (χ3v) is 9.75. The summed E-state index contributed by atoms with van der Waals surface area (Å²) in [6.45, 7) is 4.20. The number of piperazine rings is 1. The number of alkyl halides is 1. The summed E-state index contributed by atoms with van der Waals surface area (Å²) in [6.07, 6.45) is 1.85. The number of rotatable bonds is 6. The van der Waals surface area contributed by atoms with Gasteiger partial charge in [-0.3, -0.25) is 14.5 Å². The zero-order valence-corrected chi connectivity index (χ0v) is 25.2. The first-order valence-electron chi connectivity index (χ1n) is 14.9. The molecule has 3 unspecified atom stereocenters. The fourth-order valence-electron chi connectivity index (χ4n) is 7.13. The van der Waals surface area contributed by atoms with Crippen molar-refractivity contribution < 1.29 is 23.1 Å². The van der Waals surface area contributed by atoms with Gasteiger partial charge in [0, 0.05) is 43.7 Å². The molecule has 2 amide bonds. The fourth-order valence-corrected chi connectivity index (χ4v) is 7.40. The number of carbonyl (C=O) groups excluding carboxylic acids is 2. The van der Waals surface area contributed by atoms with Gasteiger partial charge < -0.3 is 19.9 Å². The molecule has 0 saturated carbocycles. The Morgan fingerprint density at radius 3 is 2.84 bits per heavy atom. The lowest BCUT2D eigenvalue weighted by Gasteiger charge is -2.44. The Balaban J connectivity index is 1.38. The van der Waals surface area contributed by atoms with Crippen LogP contribution in [0.3, 0.4) is 0 Å². The Bertz CT molecular complexity index is 1550. The van der Waals surface area contributed by atoms with Crippen molar-refractivity contribution in [2.75, 3.05) is 50.1 Å². The van der Waals surface area contributed by atoms with Crippen molar-refractivity contribution in [2.24, 2.45) is 0 Å². The van der Waals surface area contributed by atoms with E-state index in [0.717, 1.165) is 24.0 Å². The van der Waals surface area contributed by atoms with Crippen LogP contribution in [-0.2, 0) is 27.8 Å². The van der Waals surface area contributed by atoms with Crippen LogP contribution in [0, 0.1) is 11.3 Å². The highest BCUT2D eigenvalue weighted by molar-refractivity contribution is 6.31. The van der Waals surface area contributed by atoms with Crippen molar-refractivity contribution in [1.82, 2.24) is 19.8 Å². The van der Waals surface area contributed by atoms with E-state index in [9.17, 15) is 23.6 Å². The molecular weight excluding hydrogens is 592 g/mol. The van der Waals surface area contributed by atoms with E-state index in [0.29, 0.717) is 48.0 Å². The lowest BCUT2D eigenvalue weighted by Crippen LogP contribution is -2.56. The molecule has 2 aromatic rings. The molecule has 2 fully saturated rings. The third-order valence-electron chi connectivity index (χ3n) is 9.40. The van der Waals surface area contributed by atoms with Crippen molar-refractivity contribution in [3.05, 3.63) is 52.4 Å². The minimum atomic E-state index is -1.09. The first-order chi connectivity index (χ1) is 21.1. The van der Waals surface area contributed by atoms with E-state index in [2.05, 4.69) is 18.0 Å². The highest BCUT2D eigenvalue weighted by Gasteiger charge is 2.49. The van der Waals surface area contributed by atoms with Crippen LogP contribution in [0.25, 0.3) is 0 Å². The second-order valence-electron chi connectivity index (χ2n) is 12.1. The molecule has 1 aromatic heterocycles. The molecule has 1 spiro atoms. The van der Waals surface area contributed by atoms with E-state index in [1.807, 2.05) is 35.0 Å². The number of anilines is 2. The molecule has 1 aliphatic carbocycles. The third kappa shape index (κ3) is 5.37. The molecule has 1 N–H and O–H groups in total. The van der Waals surface area contributed by atoms with Gasteiger partial charge in [0.15, 0.2) is 11.6 Å². The number of halogens is 3. The number of nitriles is 1. The summed E-state index contributed by atoms with van der Waals surface area (Å²) in [6, 6.07) is 7.05. The van der Waals surface area contributed by atoms with Gasteiger partial charge in [-0.25, -0.2) is 8.78 Å². The summed E-state index contributed by atoms with van der Waals surface area (Å²) in [7, 11) is 1.85. The Morgan fingerprint density at radius 1 is 1.30 bits per heavy atom. The molecule has 2 saturated heterocycles. The van der Waals surface area contributed by atoms with E-state index in [1.165, 1.54) is 4.90 Å². The Morgan fingerprint density at radius 2 is 2.11 bits per heavy atom. The number of carbonyl (C=O) groups is 2. The second-order valence-corrected chi connectivity index (χ2v) is 12.5. The van der Waals surface area contributed by atoms with Gasteiger partial charge in [-0.2, -0.15) is 15.2 Å². The Kier molecular flexibility index (Phi) is 8.20. The maximum Gasteiger partial charge on any atom is 0.318 e. The van der Waals surface area contributed by atoms with Gasteiger partial charge in [0.1, 0.15) is 18.5 Å². The second kappa shape index (κ2) is 11.9. The van der Waals surface area contributed by atoms with Crippen LogP contribution in [0.1, 0.15) is 42.5 Å². The largest absolute Gasteiger partial charge is 0.462 e. The number of nitrogens with one attached hydrogen (secondary N) is 1. The average molecular weight is 626 g/mol. The maximum absolute atomic E-state index is 14.0. The highest BCUT2D eigenvalue weighted by Crippen LogP contribution is 2.48. The summed E-state index contributed by atoms with van der Waals surface area (Å²) >= 11 is 6.57. The molecule has 0 bridgehead atoms.